The molecule has 0 spiro atoms. The van der Waals surface area contributed by atoms with E-state index in [0.717, 1.165) is 5.76 Å². The van der Waals surface area contributed by atoms with Gasteiger partial charge < -0.3 is 14.9 Å². The number of halogens is 2. The van der Waals surface area contributed by atoms with Crippen LogP contribution in [0.1, 0.15) is 11.5 Å². The summed E-state index contributed by atoms with van der Waals surface area (Å²) in [6, 6.07) is 8.69. The van der Waals surface area contributed by atoms with Crippen LogP contribution >= 0.6 is 23.2 Å². The van der Waals surface area contributed by atoms with Gasteiger partial charge in [0.25, 0.3) is 0 Å². The van der Waals surface area contributed by atoms with Gasteiger partial charge in [0.15, 0.2) is 0 Å². The fraction of sp³-hybridized carbons (Fsp3) is 0.167. The Morgan fingerprint density at radius 2 is 1.88 bits per heavy atom. The average molecular weight is 272 g/mol. The van der Waals surface area contributed by atoms with Crippen molar-refractivity contribution in [2.24, 2.45) is 5.73 Å². The van der Waals surface area contributed by atoms with Crippen molar-refractivity contribution in [2.75, 3.05) is 0 Å². The highest BCUT2D eigenvalue weighted by Crippen LogP contribution is 2.28. The third kappa shape index (κ3) is 3.16. The Labute approximate surface area is 109 Å². The van der Waals surface area contributed by atoms with Crippen molar-refractivity contribution in [1.82, 2.24) is 0 Å². The highest BCUT2D eigenvalue weighted by molar-refractivity contribution is 6.34. The van der Waals surface area contributed by atoms with Gasteiger partial charge in [-0.3, -0.25) is 0 Å². The maximum Gasteiger partial charge on any atom is 0.146 e. The quantitative estimate of drug-likeness (QED) is 0.924. The van der Waals surface area contributed by atoms with E-state index in [1.165, 1.54) is 0 Å². The van der Waals surface area contributed by atoms with E-state index in [1.807, 2.05) is 12.1 Å². The van der Waals surface area contributed by atoms with Crippen molar-refractivity contribution in [3.8, 4) is 5.75 Å². The Balaban J connectivity index is 2.04. The largest absolute Gasteiger partial charge is 0.484 e. The van der Waals surface area contributed by atoms with Crippen LogP contribution in [0.25, 0.3) is 0 Å². The second kappa shape index (κ2) is 5.45. The Morgan fingerprint density at radius 3 is 2.59 bits per heavy atom. The van der Waals surface area contributed by atoms with E-state index in [4.69, 9.17) is 38.1 Å². The Bertz CT molecular complexity index is 511. The van der Waals surface area contributed by atoms with E-state index in [2.05, 4.69) is 0 Å². The fourth-order valence-corrected chi connectivity index (χ4v) is 1.68. The lowest BCUT2D eigenvalue weighted by Gasteiger charge is -2.06. The van der Waals surface area contributed by atoms with Gasteiger partial charge in [0.05, 0.1) is 11.6 Å². The van der Waals surface area contributed by atoms with Crippen LogP contribution in [0.3, 0.4) is 0 Å². The molecule has 0 aliphatic carbocycles. The summed E-state index contributed by atoms with van der Waals surface area (Å²) < 4.78 is 10.9. The summed E-state index contributed by atoms with van der Waals surface area (Å²) in [5.74, 6) is 1.95. The zero-order valence-electron chi connectivity index (χ0n) is 8.95. The average Bonchev–Trinajstić information content (AvgIpc) is 2.78. The summed E-state index contributed by atoms with van der Waals surface area (Å²) in [7, 11) is 0. The SMILES string of the molecule is NCc1ccc(COc2cc(Cl)ccc2Cl)o1. The molecule has 0 unspecified atom stereocenters. The van der Waals surface area contributed by atoms with Gasteiger partial charge >= 0.3 is 0 Å². The smallest absolute Gasteiger partial charge is 0.146 e. The van der Waals surface area contributed by atoms with Crippen molar-refractivity contribution in [3.63, 3.8) is 0 Å². The second-order valence-electron chi connectivity index (χ2n) is 3.44. The third-order valence-corrected chi connectivity index (χ3v) is 2.73. The molecule has 90 valence electrons. The van der Waals surface area contributed by atoms with Gasteiger partial charge in [0.1, 0.15) is 23.9 Å². The molecule has 2 aromatic rings. The van der Waals surface area contributed by atoms with E-state index < -0.39 is 0 Å². The first-order valence-corrected chi connectivity index (χ1v) is 5.80. The highest BCUT2D eigenvalue weighted by Gasteiger charge is 2.05. The van der Waals surface area contributed by atoms with Crippen molar-refractivity contribution < 1.29 is 9.15 Å². The van der Waals surface area contributed by atoms with Crippen LogP contribution in [-0.2, 0) is 13.2 Å². The zero-order chi connectivity index (χ0) is 12.3. The van der Waals surface area contributed by atoms with E-state index in [0.29, 0.717) is 34.7 Å². The van der Waals surface area contributed by atoms with Crippen LogP contribution < -0.4 is 10.5 Å². The monoisotopic (exact) mass is 271 g/mol. The molecule has 1 aromatic heterocycles. The van der Waals surface area contributed by atoms with E-state index in [9.17, 15) is 0 Å². The summed E-state index contributed by atoms with van der Waals surface area (Å²) in [6.07, 6.45) is 0. The van der Waals surface area contributed by atoms with Crippen LogP contribution in [0, 0.1) is 0 Å². The second-order valence-corrected chi connectivity index (χ2v) is 4.28. The van der Waals surface area contributed by atoms with Crippen LogP contribution in [0.5, 0.6) is 5.75 Å². The van der Waals surface area contributed by atoms with Gasteiger partial charge in [-0.25, -0.2) is 0 Å². The summed E-state index contributed by atoms with van der Waals surface area (Å²) in [5.41, 5.74) is 5.44. The van der Waals surface area contributed by atoms with Gasteiger partial charge in [-0.05, 0) is 24.3 Å². The molecular weight excluding hydrogens is 261 g/mol. The van der Waals surface area contributed by atoms with Crippen LogP contribution in [0.15, 0.2) is 34.7 Å². The van der Waals surface area contributed by atoms with Crippen LogP contribution in [-0.4, -0.2) is 0 Å². The summed E-state index contributed by atoms with van der Waals surface area (Å²) >= 11 is 11.8. The van der Waals surface area contributed by atoms with Gasteiger partial charge in [-0.2, -0.15) is 0 Å². The molecule has 0 aliphatic rings. The molecule has 0 amide bonds. The molecule has 2 rings (SSSR count). The minimum Gasteiger partial charge on any atom is -0.484 e. The summed E-state index contributed by atoms with van der Waals surface area (Å²) in [5, 5.41) is 1.09. The van der Waals surface area contributed by atoms with E-state index in [1.54, 1.807) is 18.2 Å². The maximum atomic E-state index is 5.96. The van der Waals surface area contributed by atoms with Gasteiger partial charge in [-0.1, -0.05) is 23.2 Å². The molecule has 0 radical (unpaired) electrons. The third-order valence-electron chi connectivity index (χ3n) is 2.18. The number of nitrogens with two attached hydrogens (primary N) is 1. The first-order chi connectivity index (χ1) is 8.19. The number of furan rings is 1. The first-order valence-electron chi connectivity index (χ1n) is 5.04. The minimum atomic E-state index is 0.292. The molecule has 1 heterocycles. The van der Waals surface area contributed by atoms with Crippen LogP contribution in [0.4, 0.5) is 0 Å². The molecule has 0 saturated heterocycles. The van der Waals surface area contributed by atoms with Gasteiger partial charge in [0, 0.05) is 11.1 Å². The topological polar surface area (TPSA) is 48.4 Å². The van der Waals surface area contributed by atoms with E-state index >= 15 is 0 Å². The van der Waals surface area contributed by atoms with Crippen molar-refractivity contribution in [1.29, 1.82) is 0 Å². The molecule has 0 aliphatic heterocycles. The fourth-order valence-electron chi connectivity index (χ4n) is 1.35. The predicted octanol–water partition coefficient (Wildman–Crippen LogP) is 3.62. The van der Waals surface area contributed by atoms with Gasteiger partial charge in [-0.15, -0.1) is 0 Å². The Kier molecular flexibility index (Phi) is 3.94. The highest BCUT2D eigenvalue weighted by atomic mass is 35.5. The van der Waals surface area contributed by atoms with E-state index in [-0.39, 0.29) is 0 Å². The predicted molar refractivity (Wildman–Crippen MR) is 67.4 cm³/mol. The molecule has 1 aromatic carbocycles. The van der Waals surface area contributed by atoms with Crippen molar-refractivity contribution in [3.05, 3.63) is 51.9 Å². The first kappa shape index (κ1) is 12.3. The van der Waals surface area contributed by atoms with Crippen molar-refractivity contribution >= 4 is 23.2 Å². The lowest BCUT2D eigenvalue weighted by atomic mass is 10.3. The lowest BCUT2D eigenvalue weighted by Crippen LogP contribution is -1.95. The molecule has 17 heavy (non-hydrogen) atoms. The molecule has 0 fully saturated rings. The molecule has 2 N–H and O–H groups in total. The van der Waals surface area contributed by atoms with Crippen LogP contribution in [0.2, 0.25) is 10.0 Å². The minimum absolute atomic E-state index is 0.292. The van der Waals surface area contributed by atoms with Crippen molar-refractivity contribution in [2.45, 2.75) is 13.2 Å². The molecular formula is C12H11Cl2NO2. The standard InChI is InChI=1S/C12H11Cl2NO2/c13-8-1-4-11(14)12(5-8)16-7-10-3-2-9(6-15)17-10/h1-5H,6-7,15H2. The summed E-state index contributed by atoms with van der Waals surface area (Å²) in [6.45, 7) is 0.665. The molecule has 0 bridgehead atoms. The number of hydrogen-bond donors (Lipinski definition) is 1. The molecule has 0 atom stereocenters. The molecule has 0 saturated carbocycles. The molecule has 5 heteroatoms. The normalized spacial score (nSPS) is 10.5. The lowest BCUT2D eigenvalue weighted by molar-refractivity contribution is 0.266. The zero-order valence-corrected chi connectivity index (χ0v) is 10.5. The Hall–Kier alpha value is -1.16. The van der Waals surface area contributed by atoms with Gasteiger partial charge in [0.2, 0.25) is 0 Å². The number of ether oxygens (including phenoxy) is 1. The number of rotatable bonds is 4. The Morgan fingerprint density at radius 1 is 1.12 bits per heavy atom. The molecule has 3 nitrogen and oxygen atoms in total. The maximum absolute atomic E-state index is 5.96. The number of benzene rings is 1. The summed E-state index contributed by atoms with van der Waals surface area (Å²) in [4.78, 5) is 0. The number of hydrogen-bond acceptors (Lipinski definition) is 3.